The molecule has 3 rings (SSSR count). The molecule has 1 heterocycles. The van der Waals surface area contributed by atoms with E-state index in [1.165, 1.54) is 11.8 Å². The Morgan fingerprint density at radius 1 is 1.19 bits per heavy atom. The van der Waals surface area contributed by atoms with Gasteiger partial charge in [-0.2, -0.15) is 0 Å². The Hall–Kier alpha value is -2.05. The summed E-state index contributed by atoms with van der Waals surface area (Å²) >= 11 is 4.88. The van der Waals surface area contributed by atoms with Gasteiger partial charge in [0.2, 0.25) is 0 Å². The lowest BCUT2D eigenvalue weighted by molar-refractivity contribution is -0.123. The van der Waals surface area contributed by atoms with Crippen LogP contribution in [0.3, 0.4) is 0 Å². The van der Waals surface area contributed by atoms with Gasteiger partial charge in [-0.1, -0.05) is 24.3 Å². The summed E-state index contributed by atoms with van der Waals surface area (Å²) in [7, 11) is 1.63. The third kappa shape index (κ3) is 4.02. The molecule has 0 bridgehead atoms. The van der Waals surface area contributed by atoms with Crippen LogP contribution in [0.4, 0.5) is 5.69 Å². The number of amidine groups is 1. The van der Waals surface area contributed by atoms with Crippen molar-refractivity contribution in [1.82, 2.24) is 4.90 Å². The molecule has 1 fully saturated rings. The fourth-order valence-electron chi connectivity index (χ4n) is 2.56. The summed E-state index contributed by atoms with van der Waals surface area (Å²) in [6.07, 6.45) is 1.89. The Kier molecular flexibility index (Phi) is 5.84. The van der Waals surface area contributed by atoms with Gasteiger partial charge < -0.3 is 4.74 Å². The lowest BCUT2D eigenvalue weighted by atomic mass is 10.2. The molecule has 0 N–H and O–H groups in total. The largest absolute Gasteiger partial charge is 0.496 e. The first-order valence-electron chi connectivity index (χ1n) is 8.20. The molecule has 4 nitrogen and oxygen atoms in total. The van der Waals surface area contributed by atoms with Gasteiger partial charge in [-0.3, -0.25) is 9.69 Å². The third-order valence-electron chi connectivity index (χ3n) is 3.81. The highest BCUT2D eigenvalue weighted by atomic mass is 79.9. The molecule has 1 saturated heterocycles. The molecule has 1 amide bonds. The van der Waals surface area contributed by atoms with Crippen LogP contribution in [0.2, 0.25) is 0 Å². The summed E-state index contributed by atoms with van der Waals surface area (Å²) in [5.74, 6) is 0.735. The second kappa shape index (κ2) is 8.10. The van der Waals surface area contributed by atoms with Gasteiger partial charge in [0, 0.05) is 6.04 Å². The van der Waals surface area contributed by atoms with Crippen LogP contribution < -0.4 is 4.74 Å². The number of rotatable bonds is 4. The zero-order valence-electron chi connectivity index (χ0n) is 14.8. The Morgan fingerprint density at radius 2 is 1.92 bits per heavy atom. The second-order valence-electron chi connectivity index (χ2n) is 6.00. The Bertz CT molecular complexity index is 879. The lowest BCUT2D eigenvalue weighted by Crippen LogP contribution is -2.35. The van der Waals surface area contributed by atoms with Gasteiger partial charge in [0.15, 0.2) is 5.17 Å². The zero-order chi connectivity index (χ0) is 18.7. The molecule has 0 aromatic heterocycles. The normalized spacial score (nSPS) is 17.6. The number of hydrogen-bond acceptors (Lipinski definition) is 4. The van der Waals surface area contributed by atoms with E-state index in [0.29, 0.717) is 10.1 Å². The van der Waals surface area contributed by atoms with Crippen LogP contribution in [0.25, 0.3) is 6.08 Å². The van der Waals surface area contributed by atoms with E-state index in [-0.39, 0.29) is 11.9 Å². The van der Waals surface area contributed by atoms with Crippen LogP contribution in [-0.4, -0.2) is 29.1 Å². The monoisotopic (exact) mass is 430 g/mol. The average molecular weight is 431 g/mol. The molecule has 0 radical (unpaired) electrons. The van der Waals surface area contributed by atoms with Gasteiger partial charge in [-0.15, -0.1) is 0 Å². The molecule has 26 heavy (non-hydrogen) atoms. The van der Waals surface area contributed by atoms with Gasteiger partial charge >= 0.3 is 0 Å². The molecule has 1 aliphatic rings. The maximum absolute atomic E-state index is 12.9. The highest BCUT2D eigenvalue weighted by Crippen LogP contribution is 2.36. The average Bonchev–Trinajstić information content (AvgIpc) is 2.91. The summed E-state index contributed by atoms with van der Waals surface area (Å²) in [5.41, 5.74) is 1.76. The summed E-state index contributed by atoms with van der Waals surface area (Å²) in [5, 5.41) is 0.704. The topological polar surface area (TPSA) is 41.9 Å². The standard InChI is InChI=1S/C20H19BrN2O2S/c1-13(2)23-19(24)18(12-14-9-10-17(25-3)16(21)11-14)26-20(23)22-15-7-5-4-6-8-15/h4-13H,1-3H3/b18-12+,22-20?. The minimum absolute atomic E-state index is 0.0216. The molecule has 0 unspecified atom stereocenters. The number of amides is 1. The number of nitrogens with zero attached hydrogens (tertiary/aromatic N) is 2. The highest BCUT2D eigenvalue weighted by Gasteiger charge is 2.35. The molecule has 6 heteroatoms. The second-order valence-corrected chi connectivity index (χ2v) is 7.87. The number of benzene rings is 2. The predicted molar refractivity (Wildman–Crippen MR) is 112 cm³/mol. The minimum atomic E-state index is -0.0216. The van der Waals surface area contributed by atoms with Crippen molar-refractivity contribution in [2.75, 3.05) is 7.11 Å². The van der Waals surface area contributed by atoms with E-state index >= 15 is 0 Å². The number of hydrogen-bond donors (Lipinski definition) is 0. The summed E-state index contributed by atoms with van der Waals surface area (Å²) in [6.45, 7) is 3.98. The molecule has 0 saturated carbocycles. The van der Waals surface area contributed by atoms with Crippen LogP contribution in [0.1, 0.15) is 19.4 Å². The van der Waals surface area contributed by atoms with Crippen molar-refractivity contribution in [2.24, 2.45) is 4.99 Å². The summed E-state index contributed by atoms with van der Waals surface area (Å²) in [6, 6.07) is 15.5. The van der Waals surface area contributed by atoms with Crippen molar-refractivity contribution in [3.05, 3.63) is 63.5 Å². The molecule has 1 aliphatic heterocycles. The van der Waals surface area contributed by atoms with E-state index in [1.54, 1.807) is 12.0 Å². The van der Waals surface area contributed by atoms with Crippen LogP contribution in [0, 0.1) is 0 Å². The van der Waals surface area contributed by atoms with E-state index in [2.05, 4.69) is 20.9 Å². The van der Waals surface area contributed by atoms with Crippen molar-refractivity contribution >= 4 is 50.5 Å². The number of halogens is 1. The van der Waals surface area contributed by atoms with Gasteiger partial charge in [0.05, 0.1) is 22.2 Å². The van der Waals surface area contributed by atoms with Crippen LogP contribution in [0.15, 0.2) is 62.9 Å². The Balaban J connectivity index is 1.95. The lowest BCUT2D eigenvalue weighted by Gasteiger charge is -2.19. The van der Waals surface area contributed by atoms with E-state index in [1.807, 2.05) is 68.5 Å². The van der Waals surface area contributed by atoms with E-state index in [9.17, 15) is 4.79 Å². The molecular formula is C20H19BrN2O2S. The molecule has 0 aliphatic carbocycles. The SMILES string of the molecule is COc1ccc(/C=C2/SC(=Nc3ccccc3)N(C(C)C)C2=O)cc1Br. The minimum Gasteiger partial charge on any atom is -0.496 e. The van der Waals surface area contributed by atoms with Crippen LogP contribution in [-0.2, 0) is 4.79 Å². The quantitative estimate of drug-likeness (QED) is 0.603. The van der Waals surface area contributed by atoms with Gasteiger partial charge in [0.1, 0.15) is 5.75 Å². The molecule has 0 atom stereocenters. The van der Waals surface area contributed by atoms with Gasteiger partial charge in [-0.25, -0.2) is 4.99 Å². The first-order chi connectivity index (χ1) is 12.5. The first-order valence-corrected chi connectivity index (χ1v) is 9.81. The van der Waals surface area contributed by atoms with Gasteiger partial charge in [-0.05, 0) is 77.4 Å². The van der Waals surface area contributed by atoms with E-state index in [4.69, 9.17) is 4.74 Å². The molecule has 134 valence electrons. The number of methoxy groups -OCH3 is 1. The highest BCUT2D eigenvalue weighted by molar-refractivity contribution is 9.10. The van der Waals surface area contributed by atoms with Crippen molar-refractivity contribution in [3.8, 4) is 5.75 Å². The number of carbonyl (C=O) groups is 1. The molecule has 2 aromatic rings. The Labute approximate surface area is 166 Å². The smallest absolute Gasteiger partial charge is 0.266 e. The number of ether oxygens (including phenoxy) is 1. The molecular weight excluding hydrogens is 412 g/mol. The fraction of sp³-hybridized carbons (Fsp3) is 0.200. The Morgan fingerprint density at radius 3 is 2.54 bits per heavy atom. The summed E-state index contributed by atoms with van der Waals surface area (Å²) in [4.78, 5) is 19.9. The first kappa shape index (κ1) is 18.7. The van der Waals surface area contributed by atoms with Gasteiger partial charge in [0.25, 0.3) is 5.91 Å². The van der Waals surface area contributed by atoms with Crippen molar-refractivity contribution < 1.29 is 9.53 Å². The summed E-state index contributed by atoms with van der Waals surface area (Å²) < 4.78 is 6.11. The maximum Gasteiger partial charge on any atom is 0.266 e. The van der Waals surface area contributed by atoms with Crippen molar-refractivity contribution in [1.29, 1.82) is 0 Å². The van der Waals surface area contributed by atoms with Crippen molar-refractivity contribution in [3.63, 3.8) is 0 Å². The maximum atomic E-state index is 12.9. The predicted octanol–water partition coefficient (Wildman–Crippen LogP) is 5.47. The fourth-order valence-corrected chi connectivity index (χ4v) is 4.24. The van der Waals surface area contributed by atoms with Crippen LogP contribution in [0.5, 0.6) is 5.75 Å². The van der Waals surface area contributed by atoms with E-state index in [0.717, 1.165) is 21.5 Å². The number of carbonyl (C=O) groups excluding carboxylic acids is 1. The number of thioether (sulfide) groups is 1. The zero-order valence-corrected chi connectivity index (χ0v) is 17.2. The van der Waals surface area contributed by atoms with E-state index < -0.39 is 0 Å². The number of para-hydroxylation sites is 1. The molecule has 0 spiro atoms. The van der Waals surface area contributed by atoms with Crippen molar-refractivity contribution in [2.45, 2.75) is 19.9 Å². The number of aliphatic imine (C=N–C) groups is 1. The molecule has 2 aromatic carbocycles. The third-order valence-corrected chi connectivity index (χ3v) is 5.41. The van der Waals surface area contributed by atoms with Crippen LogP contribution >= 0.6 is 27.7 Å².